The molecule has 3 nitrogen and oxygen atoms in total. The summed E-state index contributed by atoms with van der Waals surface area (Å²) < 4.78 is 12.1. The van der Waals surface area contributed by atoms with Crippen LogP contribution in [0.3, 0.4) is 0 Å². The van der Waals surface area contributed by atoms with Gasteiger partial charge in [0.1, 0.15) is 18.1 Å². The normalized spacial score (nSPS) is 10.3. The molecule has 0 aromatic heterocycles. The first-order chi connectivity index (χ1) is 9.24. The van der Waals surface area contributed by atoms with E-state index in [1.807, 2.05) is 42.5 Å². The summed E-state index contributed by atoms with van der Waals surface area (Å²) in [5.74, 6) is 1.63. The first kappa shape index (κ1) is 13.9. The summed E-state index contributed by atoms with van der Waals surface area (Å²) in [6, 6.07) is 13.6. The molecule has 4 heteroatoms. The van der Waals surface area contributed by atoms with Crippen LogP contribution >= 0.6 is 15.9 Å². The number of para-hydroxylation sites is 1. The average Bonchev–Trinajstić information content (AvgIpc) is 2.46. The van der Waals surface area contributed by atoms with Gasteiger partial charge >= 0.3 is 0 Å². The minimum absolute atomic E-state index is 0.468. The Kier molecular flexibility index (Phi) is 4.82. The van der Waals surface area contributed by atoms with Crippen molar-refractivity contribution in [3.05, 3.63) is 58.1 Å². The molecule has 0 heterocycles. The third kappa shape index (κ3) is 3.49. The van der Waals surface area contributed by atoms with Gasteiger partial charge in [-0.15, -0.1) is 0 Å². The van der Waals surface area contributed by atoms with Crippen molar-refractivity contribution in [2.24, 2.45) is 5.73 Å². The fourth-order valence-electron chi connectivity index (χ4n) is 1.78. The molecule has 0 spiro atoms. The van der Waals surface area contributed by atoms with E-state index in [4.69, 9.17) is 15.2 Å². The zero-order chi connectivity index (χ0) is 13.7. The number of nitrogens with two attached hydrogens (primary N) is 1. The third-order valence-electron chi connectivity index (χ3n) is 2.82. The summed E-state index contributed by atoms with van der Waals surface area (Å²) in [4.78, 5) is 0. The van der Waals surface area contributed by atoms with E-state index in [2.05, 4.69) is 15.9 Å². The van der Waals surface area contributed by atoms with E-state index in [1.165, 1.54) is 0 Å². The van der Waals surface area contributed by atoms with Crippen LogP contribution in [0.15, 0.2) is 46.9 Å². The SMILES string of the molecule is COc1ccccc1COc1ccc(Br)c(CN)c1. The van der Waals surface area contributed by atoms with Crippen LogP contribution in [0, 0.1) is 0 Å². The Hall–Kier alpha value is -1.52. The van der Waals surface area contributed by atoms with Crippen molar-refractivity contribution in [3.63, 3.8) is 0 Å². The van der Waals surface area contributed by atoms with Gasteiger partial charge in [-0.25, -0.2) is 0 Å². The number of benzene rings is 2. The molecule has 0 saturated heterocycles. The second-order valence-electron chi connectivity index (χ2n) is 4.06. The Morgan fingerprint density at radius 1 is 1.11 bits per heavy atom. The highest BCUT2D eigenvalue weighted by molar-refractivity contribution is 9.10. The van der Waals surface area contributed by atoms with Gasteiger partial charge in [-0.3, -0.25) is 0 Å². The molecule has 0 aliphatic carbocycles. The molecule has 100 valence electrons. The molecule has 2 rings (SSSR count). The number of rotatable bonds is 5. The van der Waals surface area contributed by atoms with Crippen molar-refractivity contribution in [3.8, 4) is 11.5 Å². The van der Waals surface area contributed by atoms with Crippen LogP contribution < -0.4 is 15.2 Å². The predicted molar refractivity (Wildman–Crippen MR) is 79.4 cm³/mol. The van der Waals surface area contributed by atoms with Crippen LogP contribution in [0.1, 0.15) is 11.1 Å². The van der Waals surface area contributed by atoms with Crippen molar-refractivity contribution in [1.29, 1.82) is 0 Å². The van der Waals surface area contributed by atoms with E-state index >= 15 is 0 Å². The van der Waals surface area contributed by atoms with Gasteiger partial charge in [0.15, 0.2) is 0 Å². The minimum Gasteiger partial charge on any atom is -0.496 e. The molecular weight excluding hydrogens is 306 g/mol. The van der Waals surface area contributed by atoms with Crippen LogP contribution in [0.25, 0.3) is 0 Å². The van der Waals surface area contributed by atoms with E-state index in [0.29, 0.717) is 13.2 Å². The molecule has 0 fully saturated rings. The van der Waals surface area contributed by atoms with Crippen LogP contribution in [-0.4, -0.2) is 7.11 Å². The number of hydrogen-bond donors (Lipinski definition) is 1. The second-order valence-corrected chi connectivity index (χ2v) is 4.91. The van der Waals surface area contributed by atoms with Crippen molar-refractivity contribution >= 4 is 15.9 Å². The summed E-state index contributed by atoms with van der Waals surface area (Å²) in [7, 11) is 1.66. The highest BCUT2D eigenvalue weighted by atomic mass is 79.9. The number of ether oxygens (including phenoxy) is 2. The molecule has 0 aliphatic rings. The van der Waals surface area contributed by atoms with Crippen LogP contribution in [0.5, 0.6) is 11.5 Å². The van der Waals surface area contributed by atoms with E-state index in [0.717, 1.165) is 27.1 Å². The van der Waals surface area contributed by atoms with E-state index in [1.54, 1.807) is 7.11 Å². The molecule has 0 radical (unpaired) electrons. The molecule has 2 aromatic carbocycles. The lowest BCUT2D eigenvalue weighted by Crippen LogP contribution is -2.01. The van der Waals surface area contributed by atoms with Crippen LogP contribution in [0.2, 0.25) is 0 Å². The zero-order valence-corrected chi connectivity index (χ0v) is 12.3. The summed E-state index contributed by atoms with van der Waals surface area (Å²) >= 11 is 3.45. The lowest BCUT2D eigenvalue weighted by molar-refractivity contribution is 0.296. The van der Waals surface area contributed by atoms with Gasteiger partial charge in [0, 0.05) is 16.6 Å². The maximum absolute atomic E-state index is 5.78. The van der Waals surface area contributed by atoms with Gasteiger partial charge in [0.05, 0.1) is 7.11 Å². The van der Waals surface area contributed by atoms with Gasteiger partial charge in [-0.2, -0.15) is 0 Å². The Balaban J connectivity index is 2.10. The number of methoxy groups -OCH3 is 1. The predicted octanol–water partition coefficient (Wildman–Crippen LogP) is 3.50. The van der Waals surface area contributed by atoms with E-state index in [-0.39, 0.29) is 0 Å². The van der Waals surface area contributed by atoms with Crippen LogP contribution in [-0.2, 0) is 13.2 Å². The largest absolute Gasteiger partial charge is 0.496 e. The quantitative estimate of drug-likeness (QED) is 0.916. The smallest absolute Gasteiger partial charge is 0.125 e. The van der Waals surface area contributed by atoms with Crippen molar-refractivity contribution in [2.45, 2.75) is 13.2 Å². The first-order valence-electron chi connectivity index (χ1n) is 5.97. The van der Waals surface area contributed by atoms with Gasteiger partial charge < -0.3 is 15.2 Å². The maximum atomic E-state index is 5.78. The lowest BCUT2D eigenvalue weighted by atomic mass is 10.2. The molecule has 0 atom stereocenters. The fraction of sp³-hybridized carbons (Fsp3) is 0.200. The van der Waals surface area contributed by atoms with E-state index < -0.39 is 0 Å². The topological polar surface area (TPSA) is 44.5 Å². The molecule has 0 amide bonds. The second kappa shape index (κ2) is 6.59. The number of halogens is 1. The fourth-order valence-corrected chi connectivity index (χ4v) is 2.19. The highest BCUT2D eigenvalue weighted by Crippen LogP contribution is 2.24. The van der Waals surface area contributed by atoms with Gasteiger partial charge in [0.2, 0.25) is 0 Å². The highest BCUT2D eigenvalue weighted by Gasteiger charge is 2.04. The first-order valence-corrected chi connectivity index (χ1v) is 6.77. The average molecular weight is 322 g/mol. The molecule has 0 unspecified atom stereocenters. The zero-order valence-electron chi connectivity index (χ0n) is 10.7. The minimum atomic E-state index is 0.468. The van der Waals surface area contributed by atoms with Crippen molar-refractivity contribution < 1.29 is 9.47 Å². The van der Waals surface area contributed by atoms with Gasteiger partial charge in [-0.05, 0) is 29.8 Å². The Bertz CT molecular complexity index is 558. The summed E-state index contributed by atoms with van der Waals surface area (Å²) in [5, 5.41) is 0. The van der Waals surface area contributed by atoms with Crippen molar-refractivity contribution in [1.82, 2.24) is 0 Å². The summed E-state index contributed by atoms with van der Waals surface area (Å²) in [5.41, 5.74) is 7.71. The lowest BCUT2D eigenvalue weighted by Gasteiger charge is -2.11. The molecular formula is C15H16BrNO2. The Labute approximate surface area is 121 Å². The van der Waals surface area contributed by atoms with Crippen molar-refractivity contribution in [2.75, 3.05) is 7.11 Å². The third-order valence-corrected chi connectivity index (χ3v) is 3.60. The molecule has 0 aliphatic heterocycles. The number of hydrogen-bond acceptors (Lipinski definition) is 3. The molecule has 19 heavy (non-hydrogen) atoms. The summed E-state index contributed by atoms with van der Waals surface area (Å²) in [6.07, 6.45) is 0. The monoisotopic (exact) mass is 321 g/mol. The Morgan fingerprint density at radius 2 is 1.89 bits per heavy atom. The maximum Gasteiger partial charge on any atom is 0.125 e. The van der Waals surface area contributed by atoms with E-state index in [9.17, 15) is 0 Å². The molecule has 0 bridgehead atoms. The standard InChI is InChI=1S/C15H16BrNO2/c1-18-15-5-3-2-4-11(15)10-19-13-6-7-14(16)12(8-13)9-17/h2-8H,9-10,17H2,1H3. The Morgan fingerprint density at radius 3 is 2.63 bits per heavy atom. The molecule has 0 saturated carbocycles. The molecule has 2 N–H and O–H groups in total. The summed E-state index contributed by atoms with van der Waals surface area (Å²) in [6.45, 7) is 0.947. The molecule has 2 aromatic rings. The van der Waals surface area contributed by atoms with Gasteiger partial charge in [0.25, 0.3) is 0 Å². The van der Waals surface area contributed by atoms with Gasteiger partial charge in [-0.1, -0.05) is 34.1 Å². The van der Waals surface area contributed by atoms with Crippen LogP contribution in [0.4, 0.5) is 0 Å².